The molecule has 22 heavy (non-hydrogen) atoms. The van der Waals surface area contributed by atoms with Crippen LogP contribution < -0.4 is 16.0 Å². The van der Waals surface area contributed by atoms with Crippen LogP contribution in [0.15, 0.2) is 24.3 Å². The van der Waals surface area contributed by atoms with Crippen molar-refractivity contribution >= 4 is 23.5 Å². The number of hydrogen-bond donors (Lipinski definition) is 4. The minimum atomic E-state index is -0.936. The molecule has 7 heteroatoms. The Bertz CT molecular complexity index is 588. The Morgan fingerprint density at radius 2 is 2.09 bits per heavy atom. The molecule has 2 atom stereocenters. The lowest BCUT2D eigenvalue weighted by Gasteiger charge is -2.11. The highest BCUT2D eigenvalue weighted by Crippen LogP contribution is 2.10. The van der Waals surface area contributed by atoms with Gasteiger partial charge in [-0.05, 0) is 31.0 Å². The molecule has 0 aliphatic carbocycles. The molecule has 0 spiro atoms. The summed E-state index contributed by atoms with van der Waals surface area (Å²) in [6, 6.07) is 6.39. The minimum absolute atomic E-state index is 0.264. The predicted octanol–water partition coefficient (Wildman–Crippen LogP) is 0.255. The summed E-state index contributed by atoms with van der Waals surface area (Å²) in [6.45, 7) is 2.30. The number of rotatable bonds is 5. The number of carbonyl (C=O) groups excluding carboxylic acids is 2. The van der Waals surface area contributed by atoms with Crippen molar-refractivity contribution in [2.24, 2.45) is 0 Å². The summed E-state index contributed by atoms with van der Waals surface area (Å²) in [6.07, 6.45) is 0.0305. The van der Waals surface area contributed by atoms with Gasteiger partial charge in [0, 0.05) is 18.3 Å². The zero-order valence-electron chi connectivity index (χ0n) is 12.3. The minimum Gasteiger partial charge on any atom is -0.480 e. The van der Waals surface area contributed by atoms with Crippen LogP contribution in [0.4, 0.5) is 5.69 Å². The lowest BCUT2D eigenvalue weighted by molar-refractivity contribution is -0.139. The summed E-state index contributed by atoms with van der Waals surface area (Å²) in [5.74, 6) is -1.75. The monoisotopic (exact) mass is 305 g/mol. The number of amides is 2. The summed E-state index contributed by atoms with van der Waals surface area (Å²) in [5.41, 5.74) is 1.66. The summed E-state index contributed by atoms with van der Waals surface area (Å²) < 4.78 is 0. The second-order valence-corrected chi connectivity index (χ2v) is 5.39. The lowest BCUT2D eigenvalue weighted by Crippen LogP contribution is -2.37. The van der Waals surface area contributed by atoms with Gasteiger partial charge in [0.15, 0.2) is 0 Å². The van der Waals surface area contributed by atoms with Crippen molar-refractivity contribution in [1.82, 2.24) is 10.6 Å². The molecule has 0 radical (unpaired) electrons. The maximum atomic E-state index is 11.8. The van der Waals surface area contributed by atoms with E-state index in [0.717, 1.165) is 5.56 Å². The molecule has 0 aromatic heterocycles. The number of hydrogen-bond acceptors (Lipinski definition) is 4. The Balaban J connectivity index is 1.77. The standard InChI is InChI=1S/C15H19N3O4/c1-9-3-2-4-10(5-9)17-13(19)7-14(20)18-11-6-12(15(21)22)16-8-11/h2-5,11-12,16H,6-8H2,1H3,(H,17,19)(H,18,20)(H,21,22). The second kappa shape index (κ2) is 7.04. The molecular formula is C15H19N3O4. The van der Waals surface area contributed by atoms with E-state index in [1.54, 1.807) is 6.07 Å². The second-order valence-electron chi connectivity index (χ2n) is 5.39. The lowest BCUT2D eigenvalue weighted by atomic mass is 10.1. The van der Waals surface area contributed by atoms with Crippen LogP contribution in [0.2, 0.25) is 0 Å². The van der Waals surface area contributed by atoms with E-state index in [9.17, 15) is 14.4 Å². The predicted molar refractivity (Wildman–Crippen MR) is 80.4 cm³/mol. The number of aryl methyl sites for hydroxylation is 1. The van der Waals surface area contributed by atoms with Crippen LogP contribution in [-0.4, -0.2) is 41.5 Å². The third-order valence-corrected chi connectivity index (χ3v) is 3.42. The first-order valence-electron chi connectivity index (χ1n) is 7.06. The maximum absolute atomic E-state index is 11.8. The number of benzene rings is 1. The van der Waals surface area contributed by atoms with E-state index in [0.29, 0.717) is 18.7 Å². The molecule has 1 saturated heterocycles. The molecule has 0 bridgehead atoms. The first-order valence-corrected chi connectivity index (χ1v) is 7.06. The van der Waals surface area contributed by atoms with E-state index in [4.69, 9.17) is 5.11 Å². The van der Waals surface area contributed by atoms with E-state index in [-0.39, 0.29) is 12.5 Å². The zero-order chi connectivity index (χ0) is 16.1. The van der Waals surface area contributed by atoms with Gasteiger partial charge in [-0.25, -0.2) is 0 Å². The topological polar surface area (TPSA) is 108 Å². The fourth-order valence-corrected chi connectivity index (χ4v) is 2.39. The molecule has 1 aliphatic rings. The third-order valence-electron chi connectivity index (χ3n) is 3.42. The Hall–Kier alpha value is -2.41. The molecule has 2 unspecified atom stereocenters. The molecule has 2 rings (SSSR count). The SMILES string of the molecule is Cc1cccc(NC(=O)CC(=O)NC2CNC(C(=O)O)C2)c1. The smallest absolute Gasteiger partial charge is 0.320 e. The summed E-state index contributed by atoms with van der Waals surface area (Å²) in [5, 5.41) is 17.0. The summed E-state index contributed by atoms with van der Waals surface area (Å²) >= 11 is 0. The number of carboxylic acid groups (broad SMARTS) is 1. The van der Waals surface area contributed by atoms with Gasteiger partial charge in [-0.1, -0.05) is 12.1 Å². The van der Waals surface area contributed by atoms with Gasteiger partial charge in [-0.2, -0.15) is 0 Å². The molecule has 0 saturated carbocycles. The molecule has 1 fully saturated rings. The van der Waals surface area contributed by atoms with Crippen LogP contribution in [0.5, 0.6) is 0 Å². The molecule has 1 aromatic rings. The van der Waals surface area contributed by atoms with Crippen LogP contribution in [-0.2, 0) is 14.4 Å². The number of carbonyl (C=O) groups is 3. The number of nitrogens with one attached hydrogen (secondary N) is 3. The quantitative estimate of drug-likeness (QED) is 0.584. The Morgan fingerprint density at radius 1 is 1.32 bits per heavy atom. The van der Waals surface area contributed by atoms with Gasteiger partial charge >= 0.3 is 5.97 Å². The fourth-order valence-electron chi connectivity index (χ4n) is 2.39. The molecule has 1 heterocycles. The Labute approximate surface area is 128 Å². The van der Waals surface area contributed by atoms with E-state index < -0.39 is 23.8 Å². The molecular weight excluding hydrogens is 286 g/mol. The highest BCUT2D eigenvalue weighted by Gasteiger charge is 2.30. The van der Waals surface area contributed by atoms with Gasteiger partial charge in [0.1, 0.15) is 12.5 Å². The van der Waals surface area contributed by atoms with Crippen molar-refractivity contribution in [3.8, 4) is 0 Å². The first-order chi connectivity index (χ1) is 10.4. The van der Waals surface area contributed by atoms with Crippen LogP contribution >= 0.6 is 0 Å². The van der Waals surface area contributed by atoms with Gasteiger partial charge in [-0.15, -0.1) is 0 Å². The molecule has 118 valence electrons. The van der Waals surface area contributed by atoms with Crippen molar-refractivity contribution in [2.45, 2.75) is 31.8 Å². The Morgan fingerprint density at radius 3 is 2.73 bits per heavy atom. The van der Waals surface area contributed by atoms with Gasteiger partial charge in [0.05, 0.1) is 0 Å². The van der Waals surface area contributed by atoms with Crippen molar-refractivity contribution < 1.29 is 19.5 Å². The number of carboxylic acids is 1. The fraction of sp³-hybridized carbons (Fsp3) is 0.400. The molecule has 2 amide bonds. The van der Waals surface area contributed by atoms with Gasteiger partial charge in [0.2, 0.25) is 11.8 Å². The zero-order valence-corrected chi connectivity index (χ0v) is 12.3. The molecule has 4 N–H and O–H groups in total. The van der Waals surface area contributed by atoms with Crippen molar-refractivity contribution in [1.29, 1.82) is 0 Å². The summed E-state index contributed by atoms with van der Waals surface area (Å²) in [4.78, 5) is 34.4. The van der Waals surface area contributed by atoms with Gasteiger partial charge < -0.3 is 21.1 Å². The van der Waals surface area contributed by atoms with Crippen LogP contribution in [0.25, 0.3) is 0 Å². The molecule has 1 aliphatic heterocycles. The van der Waals surface area contributed by atoms with E-state index in [1.807, 2.05) is 25.1 Å². The van der Waals surface area contributed by atoms with Crippen molar-refractivity contribution in [3.05, 3.63) is 29.8 Å². The van der Waals surface area contributed by atoms with Crippen LogP contribution in [0, 0.1) is 6.92 Å². The van der Waals surface area contributed by atoms with Crippen molar-refractivity contribution in [2.75, 3.05) is 11.9 Å². The van der Waals surface area contributed by atoms with Crippen LogP contribution in [0.1, 0.15) is 18.4 Å². The highest BCUT2D eigenvalue weighted by molar-refractivity contribution is 6.03. The molecule has 7 nitrogen and oxygen atoms in total. The summed E-state index contributed by atoms with van der Waals surface area (Å²) in [7, 11) is 0. The van der Waals surface area contributed by atoms with Gasteiger partial charge in [-0.3, -0.25) is 14.4 Å². The van der Waals surface area contributed by atoms with E-state index in [2.05, 4.69) is 16.0 Å². The number of anilines is 1. The van der Waals surface area contributed by atoms with Gasteiger partial charge in [0.25, 0.3) is 0 Å². The number of aliphatic carboxylic acids is 1. The third kappa shape index (κ3) is 4.56. The van der Waals surface area contributed by atoms with Crippen LogP contribution in [0.3, 0.4) is 0 Å². The largest absolute Gasteiger partial charge is 0.480 e. The molecule has 1 aromatic carbocycles. The van der Waals surface area contributed by atoms with Crippen molar-refractivity contribution in [3.63, 3.8) is 0 Å². The first kappa shape index (κ1) is 16.0. The van der Waals surface area contributed by atoms with E-state index >= 15 is 0 Å². The normalized spacial score (nSPS) is 20.4. The maximum Gasteiger partial charge on any atom is 0.320 e. The Kier molecular flexibility index (Phi) is 5.11. The average molecular weight is 305 g/mol. The highest BCUT2D eigenvalue weighted by atomic mass is 16.4. The average Bonchev–Trinajstić information content (AvgIpc) is 2.86. The van der Waals surface area contributed by atoms with E-state index in [1.165, 1.54) is 0 Å².